The van der Waals surface area contributed by atoms with E-state index in [9.17, 15) is 4.79 Å². The molecule has 0 aliphatic carbocycles. The number of ether oxygens (including phenoxy) is 3. The Morgan fingerprint density at radius 2 is 1.51 bits per heavy atom. The van der Waals surface area contributed by atoms with Gasteiger partial charge in [-0.2, -0.15) is 0 Å². The van der Waals surface area contributed by atoms with Crippen molar-refractivity contribution in [2.24, 2.45) is 4.99 Å². The Bertz CT molecular complexity index is 1490. The van der Waals surface area contributed by atoms with Crippen LogP contribution in [0.3, 0.4) is 0 Å². The Labute approximate surface area is 232 Å². The second kappa shape index (κ2) is 12.4. The van der Waals surface area contributed by atoms with Gasteiger partial charge in [0, 0.05) is 0 Å². The molecule has 196 valence electrons. The van der Waals surface area contributed by atoms with Gasteiger partial charge in [-0.3, -0.25) is 9.69 Å². The van der Waals surface area contributed by atoms with Crippen LogP contribution in [0.25, 0.3) is 6.08 Å². The minimum absolute atomic E-state index is 0.104. The lowest BCUT2D eigenvalue weighted by molar-refractivity contribution is -0.122. The van der Waals surface area contributed by atoms with E-state index < -0.39 is 0 Å². The minimum Gasteiger partial charge on any atom is -0.497 e. The molecule has 0 N–H and O–H groups in total. The Balaban J connectivity index is 1.43. The van der Waals surface area contributed by atoms with Crippen LogP contribution >= 0.6 is 11.8 Å². The van der Waals surface area contributed by atoms with Crippen LogP contribution in [-0.2, 0) is 17.9 Å². The van der Waals surface area contributed by atoms with Crippen LogP contribution in [0.2, 0.25) is 0 Å². The zero-order chi connectivity index (χ0) is 27.0. The molecule has 0 unspecified atom stereocenters. The van der Waals surface area contributed by atoms with Crippen molar-refractivity contribution in [2.45, 2.75) is 13.2 Å². The number of carbonyl (C=O) groups excluding carboxylic acids is 1. The molecule has 1 fully saturated rings. The van der Waals surface area contributed by atoms with Crippen molar-refractivity contribution in [2.75, 3.05) is 14.2 Å². The van der Waals surface area contributed by atoms with E-state index in [0.717, 1.165) is 28.1 Å². The molecule has 1 heterocycles. The van der Waals surface area contributed by atoms with Gasteiger partial charge in [0.2, 0.25) is 0 Å². The molecule has 1 aliphatic heterocycles. The van der Waals surface area contributed by atoms with Gasteiger partial charge in [-0.25, -0.2) is 4.99 Å². The summed E-state index contributed by atoms with van der Waals surface area (Å²) in [4.78, 5) is 20.7. The second-order valence-electron chi connectivity index (χ2n) is 8.76. The number of aliphatic imine (C=N–C) groups is 1. The molecule has 1 amide bonds. The van der Waals surface area contributed by atoms with Crippen molar-refractivity contribution in [1.82, 2.24) is 4.90 Å². The molecule has 0 atom stereocenters. The number of carbonyl (C=O) groups is 1. The van der Waals surface area contributed by atoms with E-state index in [1.54, 1.807) is 19.1 Å². The van der Waals surface area contributed by atoms with Gasteiger partial charge in [0.15, 0.2) is 16.7 Å². The molecule has 0 spiro atoms. The van der Waals surface area contributed by atoms with E-state index in [-0.39, 0.29) is 5.91 Å². The zero-order valence-corrected chi connectivity index (χ0v) is 22.6. The van der Waals surface area contributed by atoms with Crippen LogP contribution in [-0.4, -0.2) is 30.2 Å². The molecule has 4 aromatic carbocycles. The number of methoxy groups -OCH3 is 2. The van der Waals surface area contributed by atoms with E-state index in [0.29, 0.717) is 34.7 Å². The van der Waals surface area contributed by atoms with E-state index in [2.05, 4.69) is 0 Å². The fourth-order valence-corrected chi connectivity index (χ4v) is 5.04. The minimum atomic E-state index is -0.104. The lowest BCUT2D eigenvalue weighted by Gasteiger charge is -2.16. The normalized spacial score (nSPS) is 15.1. The molecule has 7 heteroatoms. The highest BCUT2D eigenvalue weighted by Crippen LogP contribution is 2.37. The van der Waals surface area contributed by atoms with Crippen LogP contribution in [0.5, 0.6) is 17.2 Å². The first-order chi connectivity index (χ1) is 19.1. The first-order valence-corrected chi connectivity index (χ1v) is 13.3. The molecule has 0 radical (unpaired) electrons. The molecule has 0 aromatic heterocycles. The summed E-state index contributed by atoms with van der Waals surface area (Å²) in [5.74, 6) is 1.91. The standard InChI is InChI=1S/C32H28N2O4S/c1-36-27-16-13-23(14-17-27)21-34-31(35)30(39-32(34)33-26-11-7-4-8-12-26)20-25-15-18-28(37-2)29(19-25)38-22-24-9-5-3-6-10-24/h3-20H,21-22H2,1-2H3/b30-20-,33-32?. The Morgan fingerprint density at radius 3 is 2.21 bits per heavy atom. The molecule has 1 saturated heterocycles. The van der Waals surface area contributed by atoms with Crippen molar-refractivity contribution in [1.29, 1.82) is 0 Å². The fraction of sp³-hybridized carbons (Fsp3) is 0.125. The number of thioether (sulfide) groups is 1. The van der Waals surface area contributed by atoms with Crippen molar-refractivity contribution in [3.63, 3.8) is 0 Å². The zero-order valence-electron chi connectivity index (χ0n) is 21.7. The number of amidine groups is 1. The molecule has 5 rings (SSSR count). The fourth-order valence-electron chi connectivity index (χ4n) is 4.04. The highest BCUT2D eigenvalue weighted by molar-refractivity contribution is 8.18. The highest BCUT2D eigenvalue weighted by atomic mass is 32.2. The van der Waals surface area contributed by atoms with Crippen molar-refractivity contribution in [3.8, 4) is 17.2 Å². The second-order valence-corrected chi connectivity index (χ2v) is 9.77. The third-order valence-corrected chi connectivity index (χ3v) is 7.10. The number of rotatable bonds is 9. The maximum Gasteiger partial charge on any atom is 0.267 e. The lowest BCUT2D eigenvalue weighted by atomic mass is 10.1. The number of benzene rings is 4. The summed E-state index contributed by atoms with van der Waals surface area (Å²) < 4.78 is 16.9. The summed E-state index contributed by atoms with van der Waals surface area (Å²) in [7, 11) is 3.25. The van der Waals surface area contributed by atoms with Gasteiger partial charge < -0.3 is 14.2 Å². The summed E-state index contributed by atoms with van der Waals surface area (Å²) in [5.41, 5.74) is 3.66. The summed E-state index contributed by atoms with van der Waals surface area (Å²) in [5, 5.41) is 0.627. The van der Waals surface area contributed by atoms with Gasteiger partial charge in [-0.15, -0.1) is 0 Å². The third kappa shape index (κ3) is 6.51. The largest absolute Gasteiger partial charge is 0.497 e. The van der Waals surface area contributed by atoms with Crippen molar-refractivity contribution < 1.29 is 19.0 Å². The van der Waals surface area contributed by atoms with Crippen LogP contribution in [0.4, 0.5) is 5.69 Å². The maximum atomic E-state index is 13.6. The number of nitrogens with zero attached hydrogens (tertiary/aromatic N) is 2. The molecule has 0 saturated carbocycles. The summed E-state index contributed by atoms with van der Waals surface area (Å²) >= 11 is 1.36. The molecule has 6 nitrogen and oxygen atoms in total. The average Bonchev–Trinajstić information content (AvgIpc) is 3.26. The van der Waals surface area contributed by atoms with Gasteiger partial charge in [-0.1, -0.05) is 66.7 Å². The third-order valence-electron chi connectivity index (χ3n) is 6.09. The molecule has 1 aliphatic rings. The Kier molecular flexibility index (Phi) is 8.29. The van der Waals surface area contributed by atoms with Gasteiger partial charge >= 0.3 is 0 Å². The summed E-state index contributed by atoms with van der Waals surface area (Å²) in [6.45, 7) is 0.807. The smallest absolute Gasteiger partial charge is 0.267 e. The molecular formula is C32H28N2O4S. The van der Waals surface area contributed by atoms with E-state index in [4.69, 9.17) is 19.2 Å². The number of hydrogen-bond donors (Lipinski definition) is 0. The van der Waals surface area contributed by atoms with Crippen LogP contribution in [0, 0.1) is 0 Å². The van der Waals surface area contributed by atoms with E-state index in [1.807, 2.05) is 109 Å². The first kappa shape index (κ1) is 26.1. The summed E-state index contributed by atoms with van der Waals surface area (Å²) in [6.07, 6.45) is 1.87. The molecule has 4 aromatic rings. The number of amides is 1. The number of para-hydroxylation sites is 1. The Morgan fingerprint density at radius 1 is 0.795 bits per heavy atom. The van der Waals surface area contributed by atoms with Gasteiger partial charge in [-0.05, 0) is 70.9 Å². The lowest BCUT2D eigenvalue weighted by Crippen LogP contribution is -2.28. The van der Waals surface area contributed by atoms with Crippen LogP contribution in [0.1, 0.15) is 16.7 Å². The predicted octanol–water partition coefficient (Wildman–Crippen LogP) is 7.09. The van der Waals surface area contributed by atoms with Crippen LogP contribution < -0.4 is 14.2 Å². The monoisotopic (exact) mass is 536 g/mol. The molecular weight excluding hydrogens is 508 g/mol. The maximum absolute atomic E-state index is 13.6. The molecule has 0 bridgehead atoms. The van der Waals surface area contributed by atoms with E-state index in [1.165, 1.54) is 11.8 Å². The van der Waals surface area contributed by atoms with Gasteiger partial charge in [0.1, 0.15) is 12.4 Å². The SMILES string of the molecule is COc1ccc(CN2C(=O)/C(=C/c3ccc(OC)c(OCc4ccccc4)c3)SC2=Nc2ccccc2)cc1. The van der Waals surface area contributed by atoms with E-state index >= 15 is 0 Å². The first-order valence-electron chi connectivity index (χ1n) is 12.5. The Hall–Kier alpha value is -4.49. The average molecular weight is 537 g/mol. The summed E-state index contributed by atoms with van der Waals surface area (Å²) in [6, 6.07) is 32.9. The topological polar surface area (TPSA) is 60.4 Å². The van der Waals surface area contributed by atoms with Gasteiger partial charge in [0.05, 0.1) is 31.4 Å². The highest BCUT2D eigenvalue weighted by Gasteiger charge is 2.33. The van der Waals surface area contributed by atoms with Crippen LogP contribution in [0.15, 0.2) is 113 Å². The molecule has 39 heavy (non-hydrogen) atoms. The van der Waals surface area contributed by atoms with Crippen molar-refractivity contribution in [3.05, 3.63) is 125 Å². The predicted molar refractivity (Wildman–Crippen MR) is 156 cm³/mol. The van der Waals surface area contributed by atoms with Gasteiger partial charge in [0.25, 0.3) is 5.91 Å². The number of hydrogen-bond acceptors (Lipinski definition) is 6. The quantitative estimate of drug-likeness (QED) is 0.214. The van der Waals surface area contributed by atoms with Crippen molar-refractivity contribution >= 4 is 34.6 Å².